The zero-order chi connectivity index (χ0) is 18.6. The van der Waals surface area contributed by atoms with Gasteiger partial charge >= 0.3 is 33.9 Å². The van der Waals surface area contributed by atoms with E-state index in [1.807, 2.05) is 12.2 Å². The molecule has 0 saturated heterocycles. The summed E-state index contributed by atoms with van der Waals surface area (Å²) in [5.74, 6) is 0. The Morgan fingerprint density at radius 1 is 0.708 bits per heavy atom. The average molecular weight is 372 g/mol. The van der Waals surface area contributed by atoms with Crippen molar-refractivity contribution in [3.63, 3.8) is 0 Å². The van der Waals surface area contributed by atoms with E-state index in [4.69, 9.17) is 14.0 Å². The number of hydrogen-bond donors (Lipinski definition) is 0. The van der Waals surface area contributed by atoms with Crippen LogP contribution in [0.3, 0.4) is 0 Å². The smallest absolute Gasteiger partial charge is 0 e. The van der Waals surface area contributed by atoms with Crippen LogP contribution in [-0.2, 0) is 35.8 Å². The molecule has 0 aliphatic carbocycles. The normalized spacial score (nSPS) is 9.12. The van der Waals surface area contributed by atoms with Crippen LogP contribution in [0, 0.1) is 20.0 Å². The zero-order valence-corrected chi connectivity index (χ0v) is 15.0. The fourth-order valence-corrected chi connectivity index (χ4v) is 1.34. The molecule has 0 aromatic heterocycles. The molecular formula is C19H24FeO4. The van der Waals surface area contributed by atoms with E-state index in [1.165, 1.54) is 31.8 Å². The van der Waals surface area contributed by atoms with E-state index in [-0.39, 0.29) is 17.1 Å². The van der Waals surface area contributed by atoms with Crippen molar-refractivity contribution >= 4 is 6.29 Å². The molecule has 0 spiro atoms. The van der Waals surface area contributed by atoms with Gasteiger partial charge in [0.15, 0.2) is 0 Å². The Morgan fingerprint density at radius 2 is 1.21 bits per heavy atom. The molecule has 0 unspecified atom stereocenters. The van der Waals surface area contributed by atoms with Gasteiger partial charge in [0.1, 0.15) is 6.29 Å². The SMILES string of the molecule is CCCCC/C=C\C/C=C\C/C=C\C=C\C=O.[C-]#[O+].[C-]#[O+].[C-]#[O+].[Fe]. The Labute approximate surface area is 156 Å². The van der Waals surface area contributed by atoms with Crippen LogP contribution in [0.25, 0.3) is 0 Å². The molecule has 0 saturated carbocycles. The first-order valence-electron chi connectivity index (χ1n) is 7.10. The van der Waals surface area contributed by atoms with Crippen molar-refractivity contribution < 1.29 is 35.8 Å². The van der Waals surface area contributed by atoms with Crippen molar-refractivity contribution in [2.24, 2.45) is 0 Å². The first-order valence-corrected chi connectivity index (χ1v) is 7.10. The van der Waals surface area contributed by atoms with Gasteiger partial charge in [0.05, 0.1) is 0 Å². The quantitative estimate of drug-likeness (QED) is 0.0803. The minimum absolute atomic E-state index is 0. The number of carbonyl (C=O) groups is 1. The number of rotatable bonds is 10. The van der Waals surface area contributed by atoms with Gasteiger partial charge in [0.25, 0.3) is 0 Å². The number of carbonyl (C=O) groups excluding carboxylic acids is 1. The fraction of sp³-hybridized carbons (Fsp3) is 0.368. The van der Waals surface area contributed by atoms with E-state index < -0.39 is 0 Å². The second-order valence-corrected chi connectivity index (χ2v) is 3.86. The third kappa shape index (κ3) is 49.9. The van der Waals surface area contributed by atoms with Crippen LogP contribution in [0.1, 0.15) is 45.4 Å². The standard InChI is InChI=1S/C16H24O.3CO.Fe/c1-2-3-4-5-6-7-8-9-10-11-12-13-14-15-16-17;3*1-2;/h6-7,9-10,12-16H,2-5,8,11H2,1H3;;;;/b7-6-,10-9-,13-12-,15-14+;;;;. The number of allylic oxidation sites excluding steroid dienone is 8. The molecule has 132 valence electrons. The van der Waals surface area contributed by atoms with E-state index in [1.54, 1.807) is 6.08 Å². The Hall–Kier alpha value is -1.63. The maximum Gasteiger partial charge on any atom is 0 e. The predicted octanol–water partition coefficient (Wildman–Crippen LogP) is 4.66. The van der Waals surface area contributed by atoms with Gasteiger partial charge in [-0.25, -0.2) is 0 Å². The van der Waals surface area contributed by atoms with E-state index in [0.29, 0.717) is 0 Å². The summed E-state index contributed by atoms with van der Waals surface area (Å²) in [7, 11) is 0. The molecule has 4 nitrogen and oxygen atoms in total. The summed E-state index contributed by atoms with van der Waals surface area (Å²) in [4.78, 5) is 9.96. The van der Waals surface area contributed by atoms with E-state index in [0.717, 1.165) is 19.1 Å². The molecule has 0 aromatic carbocycles. The van der Waals surface area contributed by atoms with Crippen LogP contribution in [-0.4, -0.2) is 6.29 Å². The molecule has 24 heavy (non-hydrogen) atoms. The van der Waals surface area contributed by atoms with Crippen molar-refractivity contribution in [3.8, 4) is 0 Å². The number of hydrogen-bond acceptors (Lipinski definition) is 1. The van der Waals surface area contributed by atoms with Crippen molar-refractivity contribution in [2.75, 3.05) is 0 Å². The average Bonchev–Trinajstić information content (AvgIpc) is 2.64. The Bertz CT molecular complexity index is 374. The van der Waals surface area contributed by atoms with Gasteiger partial charge in [-0.2, -0.15) is 0 Å². The minimum Gasteiger partial charge on any atom is 0 e. The molecule has 0 heterocycles. The van der Waals surface area contributed by atoms with Crippen LogP contribution in [0.2, 0.25) is 0 Å². The molecule has 0 aliphatic rings. The molecule has 5 heteroatoms. The summed E-state index contributed by atoms with van der Waals surface area (Å²) >= 11 is 0. The van der Waals surface area contributed by atoms with Gasteiger partial charge in [-0.05, 0) is 31.8 Å². The van der Waals surface area contributed by atoms with Crippen molar-refractivity contribution in [1.29, 1.82) is 0 Å². The summed E-state index contributed by atoms with van der Waals surface area (Å²) in [6.45, 7) is 15.7. The summed E-state index contributed by atoms with van der Waals surface area (Å²) < 4.78 is 22.5. The second-order valence-electron chi connectivity index (χ2n) is 3.86. The molecule has 0 bridgehead atoms. The van der Waals surface area contributed by atoms with Crippen molar-refractivity contribution in [3.05, 3.63) is 68.6 Å². The maximum absolute atomic E-state index is 9.96. The van der Waals surface area contributed by atoms with Gasteiger partial charge in [-0.15, -0.1) is 0 Å². The Morgan fingerprint density at radius 3 is 1.71 bits per heavy atom. The first kappa shape index (κ1) is 33.9. The largest absolute Gasteiger partial charge is 0 e. The van der Waals surface area contributed by atoms with Gasteiger partial charge in [0, 0.05) is 17.1 Å². The van der Waals surface area contributed by atoms with Gasteiger partial charge in [0.2, 0.25) is 0 Å². The van der Waals surface area contributed by atoms with Gasteiger partial charge in [-0.3, -0.25) is 4.79 Å². The molecule has 0 atom stereocenters. The fourth-order valence-electron chi connectivity index (χ4n) is 1.34. The van der Waals surface area contributed by atoms with Crippen LogP contribution in [0.4, 0.5) is 0 Å². The van der Waals surface area contributed by atoms with Gasteiger partial charge < -0.3 is 0 Å². The molecule has 0 amide bonds. The first-order chi connectivity index (χ1) is 11.4. The van der Waals surface area contributed by atoms with Crippen LogP contribution in [0.15, 0.2) is 48.6 Å². The molecule has 0 aliphatic heterocycles. The molecule has 0 fully saturated rings. The summed E-state index contributed by atoms with van der Waals surface area (Å²) in [6, 6.07) is 0. The minimum atomic E-state index is 0. The number of aldehydes is 1. The Balaban J connectivity index is -0.000000153. The molecule has 0 N–H and O–H groups in total. The maximum atomic E-state index is 9.96. The monoisotopic (exact) mass is 372 g/mol. The van der Waals surface area contributed by atoms with Crippen LogP contribution in [0.5, 0.6) is 0 Å². The van der Waals surface area contributed by atoms with Crippen molar-refractivity contribution in [2.45, 2.75) is 45.4 Å². The summed E-state index contributed by atoms with van der Waals surface area (Å²) in [5.41, 5.74) is 0. The Kier molecular flexibility index (Phi) is 70.0. The predicted molar refractivity (Wildman–Crippen MR) is 87.8 cm³/mol. The molecule has 0 aromatic rings. The molecular weight excluding hydrogens is 348 g/mol. The number of unbranched alkanes of at least 4 members (excludes halogenated alkanes) is 3. The summed E-state index contributed by atoms with van der Waals surface area (Å²) in [5, 5.41) is 0. The third-order valence-corrected chi connectivity index (χ3v) is 2.29. The van der Waals surface area contributed by atoms with Crippen LogP contribution >= 0.6 is 0 Å². The molecule has 0 radical (unpaired) electrons. The third-order valence-electron chi connectivity index (χ3n) is 2.29. The van der Waals surface area contributed by atoms with E-state index >= 15 is 0 Å². The second kappa shape index (κ2) is 49.6. The zero-order valence-electron chi connectivity index (χ0n) is 13.9. The topological polar surface area (TPSA) is 76.8 Å². The summed E-state index contributed by atoms with van der Waals surface area (Å²) in [6.07, 6.45) is 23.8. The molecule has 0 rings (SSSR count). The van der Waals surface area contributed by atoms with E-state index in [2.05, 4.69) is 51.2 Å². The van der Waals surface area contributed by atoms with Gasteiger partial charge in [-0.1, -0.05) is 62.3 Å². The van der Waals surface area contributed by atoms with Crippen molar-refractivity contribution in [1.82, 2.24) is 0 Å². The van der Waals surface area contributed by atoms with E-state index in [9.17, 15) is 4.79 Å². The van der Waals surface area contributed by atoms with Crippen LogP contribution < -0.4 is 0 Å².